The van der Waals surface area contributed by atoms with Gasteiger partial charge in [-0.3, -0.25) is 4.79 Å². The molecule has 0 heterocycles. The lowest BCUT2D eigenvalue weighted by Gasteiger charge is -2.10. The van der Waals surface area contributed by atoms with Gasteiger partial charge >= 0.3 is 5.97 Å². The molecule has 2 aromatic rings. The standard InChI is InChI=1S/C18H19ClN2O3/c1-24-18(23)14-7-8-15(19)16(11-14)21-12-17(22)20-10-9-13-5-3-2-4-6-13/h2-8,11,21H,9-10,12H2,1H3,(H,20,22). The summed E-state index contributed by atoms with van der Waals surface area (Å²) in [5.74, 6) is -0.604. The lowest BCUT2D eigenvalue weighted by molar-refractivity contribution is -0.119. The minimum Gasteiger partial charge on any atom is -0.465 e. The minimum absolute atomic E-state index is 0.0686. The van der Waals surface area contributed by atoms with E-state index in [-0.39, 0.29) is 12.5 Å². The first-order valence-electron chi connectivity index (χ1n) is 7.52. The molecule has 2 N–H and O–H groups in total. The number of ether oxygens (including phenoxy) is 1. The van der Waals surface area contributed by atoms with Crippen molar-refractivity contribution in [3.63, 3.8) is 0 Å². The third-order valence-corrected chi connectivity index (χ3v) is 3.74. The predicted molar refractivity (Wildman–Crippen MR) is 94.4 cm³/mol. The van der Waals surface area contributed by atoms with Crippen LogP contribution in [0.5, 0.6) is 0 Å². The summed E-state index contributed by atoms with van der Waals surface area (Å²) in [6.07, 6.45) is 0.769. The van der Waals surface area contributed by atoms with Crippen LogP contribution >= 0.6 is 11.6 Å². The van der Waals surface area contributed by atoms with E-state index in [9.17, 15) is 9.59 Å². The first kappa shape index (κ1) is 17.8. The zero-order valence-corrected chi connectivity index (χ0v) is 14.1. The molecule has 0 bridgehead atoms. The van der Waals surface area contributed by atoms with Crippen LogP contribution in [0.25, 0.3) is 0 Å². The molecule has 0 radical (unpaired) electrons. The molecule has 0 atom stereocenters. The van der Waals surface area contributed by atoms with Gasteiger partial charge in [0.1, 0.15) is 0 Å². The number of benzene rings is 2. The van der Waals surface area contributed by atoms with Crippen LogP contribution in [-0.2, 0) is 16.0 Å². The van der Waals surface area contributed by atoms with Crippen LogP contribution in [0.4, 0.5) is 5.69 Å². The van der Waals surface area contributed by atoms with Crippen molar-refractivity contribution >= 4 is 29.2 Å². The molecule has 0 aliphatic rings. The highest BCUT2D eigenvalue weighted by Crippen LogP contribution is 2.23. The number of hydrogen-bond donors (Lipinski definition) is 2. The summed E-state index contributed by atoms with van der Waals surface area (Å²) in [4.78, 5) is 23.4. The highest BCUT2D eigenvalue weighted by molar-refractivity contribution is 6.33. The van der Waals surface area contributed by atoms with Crippen molar-refractivity contribution in [2.45, 2.75) is 6.42 Å². The van der Waals surface area contributed by atoms with Crippen LogP contribution in [0.3, 0.4) is 0 Å². The van der Waals surface area contributed by atoms with E-state index < -0.39 is 5.97 Å². The van der Waals surface area contributed by atoms with Gasteiger partial charge in [0, 0.05) is 6.54 Å². The third-order valence-electron chi connectivity index (χ3n) is 3.41. The van der Waals surface area contributed by atoms with Crippen molar-refractivity contribution in [3.05, 3.63) is 64.7 Å². The van der Waals surface area contributed by atoms with E-state index in [0.29, 0.717) is 22.8 Å². The average molecular weight is 347 g/mol. The Morgan fingerprint density at radius 1 is 1.12 bits per heavy atom. The van der Waals surface area contributed by atoms with Gasteiger partial charge in [-0.1, -0.05) is 41.9 Å². The maximum absolute atomic E-state index is 11.9. The van der Waals surface area contributed by atoms with Gasteiger partial charge < -0.3 is 15.4 Å². The molecule has 6 heteroatoms. The second-order valence-electron chi connectivity index (χ2n) is 5.13. The number of carbonyl (C=O) groups excluding carboxylic acids is 2. The quantitative estimate of drug-likeness (QED) is 0.756. The summed E-state index contributed by atoms with van der Waals surface area (Å²) in [6, 6.07) is 14.6. The monoisotopic (exact) mass is 346 g/mol. The largest absolute Gasteiger partial charge is 0.465 e. The number of methoxy groups -OCH3 is 1. The Morgan fingerprint density at radius 3 is 2.58 bits per heavy atom. The summed E-state index contributed by atoms with van der Waals surface area (Å²) in [5.41, 5.74) is 2.05. The maximum Gasteiger partial charge on any atom is 0.337 e. The van der Waals surface area contributed by atoms with E-state index in [1.807, 2.05) is 30.3 Å². The van der Waals surface area contributed by atoms with Crippen molar-refractivity contribution in [2.75, 3.05) is 25.5 Å². The molecule has 126 valence electrons. The first-order valence-corrected chi connectivity index (χ1v) is 7.90. The smallest absolute Gasteiger partial charge is 0.337 e. The maximum atomic E-state index is 11.9. The molecular weight excluding hydrogens is 328 g/mol. The van der Waals surface area contributed by atoms with Gasteiger partial charge in [0.05, 0.1) is 29.9 Å². The fraction of sp³-hybridized carbons (Fsp3) is 0.222. The lowest BCUT2D eigenvalue weighted by atomic mass is 10.1. The molecule has 5 nitrogen and oxygen atoms in total. The molecule has 0 fully saturated rings. The molecule has 0 aliphatic heterocycles. The zero-order chi connectivity index (χ0) is 17.4. The van der Waals surface area contributed by atoms with Crippen LogP contribution in [0, 0.1) is 0 Å². The van der Waals surface area contributed by atoms with E-state index in [1.54, 1.807) is 18.2 Å². The number of carbonyl (C=O) groups is 2. The Balaban J connectivity index is 1.82. The number of hydrogen-bond acceptors (Lipinski definition) is 4. The van der Waals surface area contributed by atoms with Crippen LogP contribution in [0.1, 0.15) is 15.9 Å². The summed E-state index contributed by atoms with van der Waals surface area (Å²) < 4.78 is 4.66. The highest BCUT2D eigenvalue weighted by Gasteiger charge is 2.10. The van der Waals surface area contributed by atoms with Crippen molar-refractivity contribution in [3.8, 4) is 0 Å². The molecule has 24 heavy (non-hydrogen) atoms. The summed E-state index contributed by atoms with van der Waals surface area (Å²) in [6.45, 7) is 0.625. The van der Waals surface area contributed by atoms with Crippen LogP contribution in [0.15, 0.2) is 48.5 Å². The highest BCUT2D eigenvalue weighted by atomic mass is 35.5. The van der Waals surface area contributed by atoms with E-state index in [0.717, 1.165) is 6.42 Å². The fourth-order valence-corrected chi connectivity index (χ4v) is 2.32. The molecular formula is C18H19ClN2O3. The Morgan fingerprint density at radius 2 is 1.88 bits per heavy atom. The molecule has 2 aromatic carbocycles. The van der Waals surface area contributed by atoms with Gasteiger partial charge in [-0.15, -0.1) is 0 Å². The number of amides is 1. The van der Waals surface area contributed by atoms with Crippen molar-refractivity contribution < 1.29 is 14.3 Å². The number of nitrogens with one attached hydrogen (secondary N) is 2. The van der Waals surface area contributed by atoms with Gasteiger partial charge in [-0.2, -0.15) is 0 Å². The van der Waals surface area contributed by atoms with Gasteiger partial charge in [0.2, 0.25) is 5.91 Å². The fourth-order valence-electron chi connectivity index (χ4n) is 2.13. The zero-order valence-electron chi connectivity index (χ0n) is 13.3. The van der Waals surface area contributed by atoms with Crippen molar-refractivity contribution in [2.24, 2.45) is 0 Å². The molecule has 0 aliphatic carbocycles. The Labute approximate surface area is 146 Å². The third kappa shape index (κ3) is 5.28. The normalized spacial score (nSPS) is 10.1. The van der Waals surface area contributed by atoms with Gasteiger partial charge in [0.15, 0.2) is 0 Å². The average Bonchev–Trinajstić information content (AvgIpc) is 2.61. The Bertz CT molecular complexity index is 705. The molecule has 1 amide bonds. The van der Waals surface area contributed by atoms with E-state index >= 15 is 0 Å². The Kier molecular flexibility index (Phi) is 6.63. The number of rotatable bonds is 7. The molecule has 0 unspecified atom stereocenters. The van der Waals surface area contributed by atoms with Gasteiger partial charge in [0.25, 0.3) is 0 Å². The SMILES string of the molecule is COC(=O)c1ccc(Cl)c(NCC(=O)NCCc2ccccc2)c1. The predicted octanol–water partition coefficient (Wildman–Crippen LogP) is 2.90. The molecule has 0 saturated heterocycles. The molecule has 0 spiro atoms. The topological polar surface area (TPSA) is 67.4 Å². The van der Waals surface area contributed by atoms with Crippen molar-refractivity contribution in [1.82, 2.24) is 5.32 Å². The second-order valence-corrected chi connectivity index (χ2v) is 5.53. The van der Waals surface area contributed by atoms with Gasteiger partial charge in [-0.25, -0.2) is 4.79 Å². The van der Waals surface area contributed by atoms with E-state index in [4.69, 9.17) is 11.6 Å². The minimum atomic E-state index is -0.456. The number of esters is 1. The first-order chi connectivity index (χ1) is 11.6. The van der Waals surface area contributed by atoms with Crippen molar-refractivity contribution in [1.29, 1.82) is 0 Å². The Hall–Kier alpha value is -2.53. The van der Waals surface area contributed by atoms with Crippen LogP contribution in [0.2, 0.25) is 5.02 Å². The lowest BCUT2D eigenvalue weighted by Crippen LogP contribution is -2.31. The molecule has 0 saturated carbocycles. The van der Waals surface area contributed by atoms with Crippen LogP contribution in [-0.4, -0.2) is 32.1 Å². The summed E-state index contributed by atoms with van der Waals surface area (Å²) >= 11 is 6.07. The van der Waals surface area contributed by atoms with E-state index in [2.05, 4.69) is 15.4 Å². The van der Waals surface area contributed by atoms with E-state index in [1.165, 1.54) is 12.7 Å². The molecule has 0 aromatic heterocycles. The number of anilines is 1. The molecule has 2 rings (SSSR count). The second kappa shape index (κ2) is 8.93. The van der Waals surface area contributed by atoms with Crippen LogP contribution < -0.4 is 10.6 Å². The summed E-state index contributed by atoms with van der Waals surface area (Å²) in [5, 5.41) is 6.19. The van der Waals surface area contributed by atoms with Gasteiger partial charge in [-0.05, 0) is 30.2 Å². The number of halogens is 1. The summed E-state index contributed by atoms with van der Waals surface area (Å²) in [7, 11) is 1.31.